The van der Waals surface area contributed by atoms with E-state index < -0.39 is 0 Å². The van der Waals surface area contributed by atoms with Gasteiger partial charge in [-0.25, -0.2) is 9.97 Å². The Bertz CT molecular complexity index is 722. The fraction of sp³-hybridized carbons (Fsp3) is 0.571. The molecule has 4 atom stereocenters. The maximum Gasteiger partial charge on any atom is 0.235 e. The van der Waals surface area contributed by atoms with Gasteiger partial charge in [-0.15, -0.1) is 0 Å². The van der Waals surface area contributed by atoms with E-state index >= 15 is 0 Å². The quantitative estimate of drug-likeness (QED) is 0.797. The molecule has 1 saturated heterocycles. The monoisotopic (exact) mass is 305 g/mol. The Morgan fingerprint density at radius 1 is 1.38 bits per heavy atom. The summed E-state index contributed by atoms with van der Waals surface area (Å²) in [6.07, 6.45) is 2.70. The number of hydrogen-bond acceptors (Lipinski definition) is 5. The number of aromatic nitrogens is 4. The van der Waals surface area contributed by atoms with Crippen molar-refractivity contribution in [3.05, 3.63) is 17.3 Å². The smallest absolute Gasteiger partial charge is 0.235 e. The van der Waals surface area contributed by atoms with Crippen LogP contribution in [0.3, 0.4) is 0 Å². The van der Waals surface area contributed by atoms with Gasteiger partial charge in [0.2, 0.25) is 5.82 Å². The number of nitriles is 1. The second-order valence-electron chi connectivity index (χ2n) is 5.47. The summed E-state index contributed by atoms with van der Waals surface area (Å²) in [7, 11) is 0. The summed E-state index contributed by atoms with van der Waals surface area (Å²) in [5.74, 6) is 0.816. The van der Waals surface area contributed by atoms with Crippen LogP contribution in [0.4, 0.5) is 0 Å². The minimum Gasteiger partial charge on any atom is -0.354 e. The molecule has 1 aliphatic rings. The van der Waals surface area contributed by atoms with E-state index in [0.717, 1.165) is 6.42 Å². The molecule has 0 aromatic carbocycles. The maximum absolute atomic E-state index is 8.99. The van der Waals surface area contributed by atoms with E-state index in [1.54, 1.807) is 6.33 Å². The molecule has 21 heavy (non-hydrogen) atoms. The first-order valence-electron chi connectivity index (χ1n) is 7.02. The average molecular weight is 306 g/mol. The minimum absolute atomic E-state index is 0.0417. The van der Waals surface area contributed by atoms with Gasteiger partial charge in [0.05, 0.1) is 12.4 Å². The zero-order valence-corrected chi connectivity index (χ0v) is 12.9. The van der Waals surface area contributed by atoms with Crippen molar-refractivity contribution in [3.63, 3.8) is 0 Å². The lowest BCUT2D eigenvalue weighted by Crippen LogP contribution is -2.15. The van der Waals surface area contributed by atoms with Crippen LogP contribution in [-0.2, 0) is 4.74 Å². The third-order valence-corrected chi connectivity index (χ3v) is 4.60. The largest absolute Gasteiger partial charge is 0.354 e. The van der Waals surface area contributed by atoms with Crippen LogP contribution < -0.4 is 0 Å². The highest BCUT2D eigenvalue weighted by molar-refractivity contribution is 6.33. The first kappa shape index (κ1) is 14.2. The third kappa shape index (κ3) is 2.17. The normalized spacial score (nSPS) is 28.9. The van der Waals surface area contributed by atoms with Crippen molar-refractivity contribution in [1.82, 2.24) is 19.5 Å². The summed E-state index contributed by atoms with van der Waals surface area (Å²) in [6, 6.07) is 1.92. The van der Waals surface area contributed by atoms with Gasteiger partial charge in [-0.2, -0.15) is 10.2 Å². The number of halogens is 1. The Hall–Kier alpha value is -1.71. The number of nitrogens with zero attached hydrogens (tertiary/aromatic N) is 5. The van der Waals surface area contributed by atoms with Crippen LogP contribution in [0.25, 0.3) is 11.2 Å². The molecule has 0 saturated carbocycles. The molecule has 1 aliphatic heterocycles. The standard InChI is InChI=1S/C14H16ClN5O/c1-4-9-7(2)8(3)14(21-9)20-6-17-11-12(15)18-10(5-16)19-13(11)20/h6-9,14H,4H2,1-3H3. The molecule has 0 spiro atoms. The Morgan fingerprint density at radius 2 is 2.14 bits per heavy atom. The minimum atomic E-state index is -0.146. The molecule has 3 rings (SSSR count). The Labute approximate surface area is 127 Å². The van der Waals surface area contributed by atoms with Crippen molar-refractivity contribution >= 4 is 22.8 Å². The molecule has 0 amide bonds. The summed E-state index contributed by atoms with van der Waals surface area (Å²) in [5.41, 5.74) is 1.05. The zero-order valence-electron chi connectivity index (χ0n) is 12.1. The fourth-order valence-electron chi connectivity index (χ4n) is 2.93. The second kappa shape index (κ2) is 5.24. The first-order valence-corrected chi connectivity index (χ1v) is 7.40. The molecular formula is C14H16ClN5O. The van der Waals surface area contributed by atoms with Crippen molar-refractivity contribution in [2.24, 2.45) is 11.8 Å². The number of hydrogen-bond donors (Lipinski definition) is 0. The van der Waals surface area contributed by atoms with Crippen molar-refractivity contribution in [2.75, 3.05) is 0 Å². The summed E-state index contributed by atoms with van der Waals surface area (Å²) in [4.78, 5) is 12.4. The van der Waals surface area contributed by atoms with E-state index in [1.165, 1.54) is 0 Å². The van der Waals surface area contributed by atoms with Gasteiger partial charge < -0.3 is 4.74 Å². The van der Waals surface area contributed by atoms with E-state index in [4.69, 9.17) is 21.6 Å². The van der Waals surface area contributed by atoms with Crippen LogP contribution in [0.2, 0.25) is 5.15 Å². The van der Waals surface area contributed by atoms with Crippen LogP contribution in [-0.4, -0.2) is 25.6 Å². The van der Waals surface area contributed by atoms with Crippen molar-refractivity contribution < 1.29 is 4.74 Å². The lowest BCUT2D eigenvalue weighted by molar-refractivity contribution is -0.0120. The average Bonchev–Trinajstić information content (AvgIpc) is 3.02. The summed E-state index contributed by atoms with van der Waals surface area (Å²) < 4.78 is 8.00. The van der Waals surface area contributed by atoms with Gasteiger partial charge in [-0.3, -0.25) is 4.57 Å². The predicted molar refractivity (Wildman–Crippen MR) is 77.6 cm³/mol. The molecule has 1 fully saturated rings. The maximum atomic E-state index is 8.99. The topological polar surface area (TPSA) is 76.6 Å². The van der Waals surface area contributed by atoms with Crippen LogP contribution in [0.5, 0.6) is 0 Å². The molecule has 6 nitrogen and oxygen atoms in total. The van der Waals surface area contributed by atoms with Gasteiger partial charge >= 0.3 is 0 Å². The van der Waals surface area contributed by atoms with E-state index in [1.807, 2.05) is 10.6 Å². The third-order valence-electron chi connectivity index (χ3n) is 4.34. The lowest BCUT2D eigenvalue weighted by atomic mass is 9.91. The summed E-state index contributed by atoms with van der Waals surface area (Å²) in [5, 5.41) is 9.19. The van der Waals surface area contributed by atoms with Crippen molar-refractivity contribution in [3.8, 4) is 6.07 Å². The first-order chi connectivity index (χ1) is 10.1. The van der Waals surface area contributed by atoms with Crippen molar-refractivity contribution in [1.29, 1.82) is 5.26 Å². The van der Waals surface area contributed by atoms with Gasteiger partial charge in [0, 0.05) is 5.92 Å². The molecular weight excluding hydrogens is 290 g/mol. The highest BCUT2D eigenvalue weighted by Crippen LogP contribution is 2.41. The molecule has 0 bridgehead atoms. The van der Waals surface area contributed by atoms with Gasteiger partial charge in [0.25, 0.3) is 0 Å². The highest BCUT2D eigenvalue weighted by Gasteiger charge is 2.39. The Morgan fingerprint density at radius 3 is 2.76 bits per heavy atom. The van der Waals surface area contributed by atoms with Gasteiger partial charge in [-0.05, 0) is 12.3 Å². The van der Waals surface area contributed by atoms with Crippen molar-refractivity contribution in [2.45, 2.75) is 39.5 Å². The highest BCUT2D eigenvalue weighted by atomic mass is 35.5. The lowest BCUT2D eigenvalue weighted by Gasteiger charge is -2.18. The molecule has 2 aromatic rings. The van der Waals surface area contributed by atoms with E-state index in [-0.39, 0.29) is 23.3 Å². The van der Waals surface area contributed by atoms with Crippen LogP contribution in [0, 0.1) is 23.2 Å². The second-order valence-corrected chi connectivity index (χ2v) is 5.82. The molecule has 0 N–H and O–H groups in total. The van der Waals surface area contributed by atoms with E-state index in [2.05, 4.69) is 35.7 Å². The number of ether oxygens (including phenoxy) is 1. The zero-order chi connectivity index (χ0) is 15.1. The molecule has 7 heteroatoms. The SMILES string of the molecule is CCC1OC(n2cnc3c(Cl)nc(C#N)nc32)C(C)C1C. The Balaban J connectivity index is 2.10. The fourth-order valence-corrected chi connectivity index (χ4v) is 3.14. The van der Waals surface area contributed by atoms with Gasteiger partial charge in [-0.1, -0.05) is 32.4 Å². The summed E-state index contributed by atoms with van der Waals surface area (Å²) >= 11 is 6.06. The van der Waals surface area contributed by atoms with E-state index in [9.17, 15) is 0 Å². The molecule has 4 unspecified atom stereocenters. The predicted octanol–water partition coefficient (Wildman–Crippen LogP) is 2.93. The number of fused-ring (bicyclic) bond motifs is 1. The number of rotatable bonds is 2. The van der Waals surface area contributed by atoms with Crippen LogP contribution in [0.15, 0.2) is 6.33 Å². The van der Waals surface area contributed by atoms with Gasteiger partial charge in [0.15, 0.2) is 10.8 Å². The van der Waals surface area contributed by atoms with E-state index in [0.29, 0.717) is 23.0 Å². The molecule has 110 valence electrons. The number of imidazole rings is 1. The molecule has 3 heterocycles. The molecule has 2 aromatic heterocycles. The van der Waals surface area contributed by atoms with Gasteiger partial charge in [0.1, 0.15) is 17.8 Å². The molecule has 0 radical (unpaired) electrons. The summed E-state index contributed by atoms with van der Waals surface area (Å²) in [6.45, 7) is 6.47. The van der Waals surface area contributed by atoms with Crippen LogP contribution in [0.1, 0.15) is 39.2 Å². The van der Waals surface area contributed by atoms with Crippen LogP contribution >= 0.6 is 11.6 Å². The Kier molecular flexibility index (Phi) is 3.56. The molecule has 0 aliphatic carbocycles.